The zero-order valence-electron chi connectivity index (χ0n) is 10.9. The van der Waals surface area contributed by atoms with Gasteiger partial charge in [-0.15, -0.1) is 0 Å². The topological polar surface area (TPSA) is 66.5 Å². The van der Waals surface area contributed by atoms with Crippen LogP contribution in [-0.2, 0) is 14.8 Å². The fourth-order valence-electron chi connectivity index (χ4n) is 2.09. The summed E-state index contributed by atoms with van der Waals surface area (Å²) >= 11 is 6.05. The molecule has 0 atom stereocenters. The number of carbonyl (C=O) groups is 1. The predicted molar refractivity (Wildman–Crippen MR) is 82.8 cm³/mol. The Kier molecular flexibility index (Phi) is 5.39. The predicted octanol–water partition coefficient (Wildman–Crippen LogP) is 2.25. The maximum atomic E-state index is 13.2. The second-order valence-electron chi connectivity index (χ2n) is 4.61. The summed E-state index contributed by atoms with van der Waals surface area (Å²) in [6.45, 7) is 1.01. The Hall–Kier alpha value is -0.510. The monoisotopic (exact) mass is 442 g/mol. The van der Waals surface area contributed by atoms with Crippen LogP contribution in [0.5, 0.6) is 0 Å². The Morgan fingerprint density at radius 3 is 2.29 bits per heavy atom. The van der Waals surface area contributed by atoms with E-state index in [1.807, 2.05) is 0 Å². The zero-order valence-corrected chi connectivity index (χ0v) is 14.9. The summed E-state index contributed by atoms with van der Waals surface area (Å²) in [7, 11) is -3.92. The molecule has 9 heteroatoms. The van der Waals surface area contributed by atoms with Crippen LogP contribution in [0.25, 0.3) is 0 Å². The van der Waals surface area contributed by atoms with Crippen LogP contribution in [0.1, 0.15) is 12.8 Å². The number of nitrogens with one attached hydrogen (secondary N) is 1. The third-order valence-corrected chi connectivity index (χ3v) is 6.38. The molecule has 1 amide bonds. The van der Waals surface area contributed by atoms with E-state index in [1.165, 1.54) is 0 Å². The molecule has 0 saturated carbocycles. The molecule has 116 valence electrons. The third-order valence-electron chi connectivity index (χ3n) is 3.10. The molecule has 1 aliphatic rings. The van der Waals surface area contributed by atoms with Gasteiger partial charge in [0.2, 0.25) is 15.9 Å². The molecular weight excluding hydrogens is 431 g/mol. The van der Waals surface area contributed by atoms with Gasteiger partial charge < -0.3 is 4.90 Å². The van der Waals surface area contributed by atoms with Gasteiger partial charge in [-0.1, -0.05) is 0 Å². The molecule has 2 rings (SSSR count). The molecule has 0 spiro atoms. The van der Waals surface area contributed by atoms with Crippen molar-refractivity contribution in [3.05, 3.63) is 26.9 Å². The number of sulfonamides is 1. The quantitative estimate of drug-likeness (QED) is 0.775. The third kappa shape index (κ3) is 4.02. The summed E-state index contributed by atoms with van der Waals surface area (Å²) in [6, 6.07) is 2.11. The number of nitrogens with zero attached hydrogens (tertiary/aromatic N) is 1. The fraction of sp³-hybridized carbons (Fsp3) is 0.417. The van der Waals surface area contributed by atoms with Crippen LogP contribution in [0.15, 0.2) is 26.0 Å². The van der Waals surface area contributed by atoms with Gasteiger partial charge in [0.15, 0.2) is 0 Å². The molecule has 1 aromatic carbocycles. The molecule has 1 fully saturated rings. The van der Waals surface area contributed by atoms with Crippen molar-refractivity contribution in [3.8, 4) is 0 Å². The highest BCUT2D eigenvalue weighted by Gasteiger charge is 2.25. The van der Waals surface area contributed by atoms with Gasteiger partial charge in [-0.25, -0.2) is 17.5 Å². The number of amides is 1. The number of likely N-dealkylation sites (tertiary alicyclic amines) is 1. The maximum Gasteiger partial charge on any atom is 0.243 e. The Labute approximate surface area is 139 Å². The van der Waals surface area contributed by atoms with Crippen molar-refractivity contribution in [2.24, 2.45) is 0 Å². The standard InChI is InChI=1S/C12H13Br2FN2O3S/c13-9-5-8(15)6-10(14)12(9)21(19,20)16-7-11(18)17-3-1-2-4-17/h5-6,16H,1-4,7H2. The van der Waals surface area contributed by atoms with E-state index in [-0.39, 0.29) is 26.3 Å². The van der Waals surface area contributed by atoms with Crippen LogP contribution in [0, 0.1) is 5.82 Å². The molecule has 1 aliphatic heterocycles. The van der Waals surface area contributed by atoms with Crippen LogP contribution < -0.4 is 4.72 Å². The molecule has 1 aromatic rings. The smallest absolute Gasteiger partial charge is 0.243 e. The van der Waals surface area contributed by atoms with Gasteiger partial charge in [0.05, 0.1) is 6.54 Å². The highest BCUT2D eigenvalue weighted by atomic mass is 79.9. The average Bonchev–Trinajstić information content (AvgIpc) is 2.88. The number of hydrogen-bond donors (Lipinski definition) is 1. The number of hydrogen-bond acceptors (Lipinski definition) is 3. The molecule has 0 bridgehead atoms. The lowest BCUT2D eigenvalue weighted by atomic mass is 10.3. The van der Waals surface area contributed by atoms with Gasteiger partial charge >= 0.3 is 0 Å². The first-order chi connectivity index (χ1) is 9.81. The first kappa shape index (κ1) is 16.9. The Balaban J connectivity index is 2.13. The SMILES string of the molecule is O=C(CNS(=O)(=O)c1c(Br)cc(F)cc1Br)N1CCCC1. The lowest BCUT2D eigenvalue weighted by Gasteiger charge is -2.16. The summed E-state index contributed by atoms with van der Waals surface area (Å²) < 4.78 is 40.1. The van der Waals surface area contributed by atoms with E-state index in [4.69, 9.17) is 0 Å². The fourth-order valence-corrected chi connectivity index (χ4v) is 5.59. The van der Waals surface area contributed by atoms with Gasteiger partial charge in [0, 0.05) is 22.0 Å². The van der Waals surface area contributed by atoms with Crippen molar-refractivity contribution >= 4 is 47.8 Å². The molecule has 1 N–H and O–H groups in total. The Morgan fingerprint density at radius 2 is 1.76 bits per heavy atom. The van der Waals surface area contributed by atoms with Gasteiger partial charge in [-0.3, -0.25) is 4.79 Å². The number of halogens is 3. The van der Waals surface area contributed by atoms with E-state index in [1.54, 1.807) is 4.90 Å². The first-order valence-electron chi connectivity index (χ1n) is 6.23. The van der Waals surface area contributed by atoms with Crippen molar-refractivity contribution < 1.29 is 17.6 Å². The minimum Gasteiger partial charge on any atom is -0.342 e. The van der Waals surface area contributed by atoms with E-state index in [0.29, 0.717) is 13.1 Å². The van der Waals surface area contributed by atoms with E-state index in [2.05, 4.69) is 36.6 Å². The van der Waals surface area contributed by atoms with Crippen molar-refractivity contribution in [2.45, 2.75) is 17.7 Å². The highest BCUT2D eigenvalue weighted by Crippen LogP contribution is 2.30. The maximum absolute atomic E-state index is 13.2. The molecule has 0 aliphatic carbocycles. The molecular formula is C12H13Br2FN2O3S. The zero-order chi connectivity index (χ0) is 15.6. The normalized spacial score (nSPS) is 15.5. The second-order valence-corrected chi connectivity index (χ2v) is 8.02. The number of rotatable bonds is 4. The van der Waals surface area contributed by atoms with Crippen molar-refractivity contribution in [2.75, 3.05) is 19.6 Å². The van der Waals surface area contributed by atoms with Crippen LogP contribution in [0.3, 0.4) is 0 Å². The first-order valence-corrected chi connectivity index (χ1v) is 9.30. The van der Waals surface area contributed by atoms with Crippen molar-refractivity contribution in [3.63, 3.8) is 0 Å². The molecule has 0 radical (unpaired) electrons. The van der Waals surface area contributed by atoms with Crippen LogP contribution in [0.2, 0.25) is 0 Å². The summed E-state index contributed by atoms with van der Waals surface area (Å²) in [5.74, 6) is -0.828. The lowest BCUT2D eigenvalue weighted by Crippen LogP contribution is -2.38. The van der Waals surface area contributed by atoms with Crippen LogP contribution >= 0.6 is 31.9 Å². The van der Waals surface area contributed by atoms with E-state index >= 15 is 0 Å². The largest absolute Gasteiger partial charge is 0.342 e. The minimum atomic E-state index is -3.92. The summed E-state index contributed by atoms with van der Waals surface area (Å²) in [6.07, 6.45) is 1.88. The summed E-state index contributed by atoms with van der Waals surface area (Å²) in [5.41, 5.74) is 0. The van der Waals surface area contributed by atoms with Gasteiger partial charge in [0.1, 0.15) is 10.7 Å². The number of carbonyl (C=O) groups excluding carboxylic acids is 1. The Bertz CT molecular complexity index is 637. The summed E-state index contributed by atoms with van der Waals surface area (Å²) in [5, 5.41) is 0. The molecule has 5 nitrogen and oxygen atoms in total. The summed E-state index contributed by atoms with van der Waals surface area (Å²) in [4.78, 5) is 13.4. The number of benzene rings is 1. The van der Waals surface area contributed by atoms with E-state index in [0.717, 1.165) is 25.0 Å². The van der Waals surface area contributed by atoms with Crippen LogP contribution in [0.4, 0.5) is 4.39 Å². The van der Waals surface area contributed by atoms with E-state index in [9.17, 15) is 17.6 Å². The molecule has 21 heavy (non-hydrogen) atoms. The van der Waals surface area contributed by atoms with Crippen molar-refractivity contribution in [1.82, 2.24) is 9.62 Å². The van der Waals surface area contributed by atoms with Crippen LogP contribution in [-0.4, -0.2) is 38.9 Å². The molecule has 0 aromatic heterocycles. The second kappa shape index (κ2) is 6.72. The van der Waals surface area contributed by atoms with Gasteiger partial charge in [-0.2, -0.15) is 0 Å². The molecule has 1 heterocycles. The van der Waals surface area contributed by atoms with Gasteiger partial charge in [-0.05, 0) is 56.8 Å². The molecule has 0 unspecified atom stereocenters. The molecule has 1 saturated heterocycles. The highest BCUT2D eigenvalue weighted by molar-refractivity contribution is 9.11. The van der Waals surface area contributed by atoms with E-state index < -0.39 is 15.8 Å². The average molecular weight is 444 g/mol. The minimum absolute atomic E-state index is 0.0931. The lowest BCUT2D eigenvalue weighted by molar-refractivity contribution is -0.128. The Morgan fingerprint density at radius 1 is 1.24 bits per heavy atom. The van der Waals surface area contributed by atoms with Crippen molar-refractivity contribution in [1.29, 1.82) is 0 Å². The van der Waals surface area contributed by atoms with Gasteiger partial charge in [0.25, 0.3) is 0 Å².